The minimum atomic E-state index is -0.361. The molecule has 0 spiro atoms. The van der Waals surface area contributed by atoms with E-state index in [0.29, 0.717) is 0 Å². The molecule has 1 fully saturated rings. The third-order valence-electron chi connectivity index (χ3n) is 6.39. The Bertz CT molecular complexity index is 1180. The molecule has 1 aromatic carbocycles. The van der Waals surface area contributed by atoms with Crippen molar-refractivity contribution in [3.8, 4) is 5.69 Å². The van der Waals surface area contributed by atoms with E-state index in [1.807, 2.05) is 36.9 Å². The van der Waals surface area contributed by atoms with Crippen LogP contribution in [-0.4, -0.2) is 32.9 Å². The van der Waals surface area contributed by atoms with Gasteiger partial charge in [-0.15, -0.1) is 0 Å². The van der Waals surface area contributed by atoms with Gasteiger partial charge in [-0.05, 0) is 69.9 Å². The highest BCUT2D eigenvalue weighted by molar-refractivity contribution is 6.62. The Morgan fingerprint density at radius 3 is 1.90 bits per heavy atom. The van der Waals surface area contributed by atoms with Crippen LogP contribution in [0, 0.1) is 6.92 Å². The van der Waals surface area contributed by atoms with E-state index in [-0.39, 0.29) is 18.3 Å². The quantitative estimate of drug-likeness (QED) is 0.486. The van der Waals surface area contributed by atoms with Crippen LogP contribution in [0.2, 0.25) is 0 Å². The van der Waals surface area contributed by atoms with Crippen molar-refractivity contribution in [3.05, 3.63) is 60.7 Å². The fourth-order valence-electron chi connectivity index (χ4n) is 4.02. The molecule has 3 aromatic heterocycles. The van der Waals surface area contributed by atoms with E-state index in [2.05, 4.69) is 67.4 Å². The number of pyridine rings is 2. The normalized spacial score (nSPS) is 18.0. The summed E-state index contributed by atoms with van der Waals surface area (Å²) in [5.41, 5.74) is 4.83. The second-order valence-electron chi connectivity index (χ2n) is 8.75. The molecule has 1 aliphatic rings. The van der Waals surface area contributed by atoms with Crippen molar-refractivity contribution >= 4 is 34.4 Å². The van der Waals surface area contributed by atoms with Crippen LogP contribution in [-0.2, 0) is 9.31 Å². The fourth-order valence-corrected chi connectivity index (χ4v) is 4.02. The van der Waals surface area contributed by atoms with Crippen LogP contribution in [0.4, 0.5) is 0 Å². The first-order chi connectivity index (χ1) is 13.8. The maximum absolute atomic E-state index is 6.26. The third-order valence-corrected chi connectivity index (χ3v) is 6.39. The van der Waals surface area contributed by atoms with E-state index < -0.39 is 0 Å². The van der Waals surface area contributed by atoms with Crippen molar-refractivity contribution in [3.63, 3.8) is 0 Å². The molecule has 0 atom stereocenters. The molecule has 0 saturated carbocycles. The highest BCUT2D eigenvalue weighted by atomic mass is 16.7. The zero-order valence-corrected chi connectivity index (χ0v) is 17.4. The topological polar surface area (TPSA) is 49.2 Å². The Labute approximate surface area is 170 Å². The first-order valence-electron chi connectivity index (χ1n) is 9.93. The molecule has 0 N–H and O–H groups in total. The summed E-state index contributed by atoms with van der Waals surface area (Å²) in [6, 6.07) is 10.5. The zero-order chi connectivity index (χ0) is 20.4. The highest BCUT2D eigenvalue weighted by Crippen LogP contribution is 2.37. The van der Waals surface area contributed by atoms with Gasteiger partial charge in [0.25, 0.3) is 0 Å². The molecule has 146 valence electrons. The van der Waals surface area contributed by atoms with Crippen molar-refractivity contribution in [2.24, 2.45) is 0 Å². The number of rotatable bonds is 2. The summed E-state index contributed by atoms with van der Waals surface area (Å²) >= 11 is 0. The van der Waals surface area contributed by atoms with E-state index in [4.69, 9.17) is 9.31 Å². The Morgan fingerprint density at radius 2 is 1.38 bits per heavy atom. The molecule has 0 aliphatic carbocycles. The van der Waals surface area contributed by atoms with Gasteiger partial charge >= 0.3 is 7.12 Å². The van der Waals surface area contributed by atoms with Gasteiger partial charge in [-0.3, -0.25) is 9.97 Å². The molecular formula is C23H24BN3O2. The average molecular weight is 385 g/mol. The lowest BCUT2D eigenvalue weighted by Gasteiger charge is -2.32. The Balaban J connectivity index is 1.64. The second kappa shape index (κ2) is 6.15. The monoisotopic (exact) mass is 385 g/mol. The lowest BCUT2D eigenvalue weighted by Crippen LogP contribution is -2.41. The summed E-state index contributed by atoms with van der Waals surface area (Å²) in [6.45, 7) is 10.4. The SMILES string of the molecule is Cc1cc(-n2c3ccncc3c3cnccc32)ccc1B1OC(C)(C)C(C)(C)O1. The lowest BCUT2D eigenvalue weighted by atomic mass is 9.76. The highest BCUT2D eigenvalue weighted by Gasteiger charge is 2.52. The molecular weight excluding hydrogens is 361 g/mol. The third kappa shape index (κ3) is 2.70. The second-order valence-corrected chi connectivity index (χ2v) is 8.75. The van der Waals surface area contributed by atoms with E-state index in [1.54, 1.807) is 0 Å². The van der Waals surface area contributed by atoms with Crippen LogP contribution in [0.15, 0.2) is 55.1 Å². The molecule has 0 unspecified atom stereocenters. The van der Waals surface area contributed by atoms with Crippen LogP contribution in [0.1, 0.15) is 33.3 Å². The standard InChI is InChI=1S/C23H24BN3O2/c1-15-12-16(6-7-19(15)24-28-22(2,3)23(4,5)29-24)27-20-8-10-25-13-17(20)18-14-26-11-9-21(18)27/h6-14H,1-5H3. The maximum Gasteiger partial charge on any atom is 0.495 e. The van der Waals surface area contributed by atoms with E-state index in [0.717, 1.165) is 38.5 Å². The van der Waals surface area contributed by atoms with Gasteiger partial charge in [0.2, 0.25) is 0 Å². The van der Waals surface area contributed by atoms with E-state index in [9.17, 15) is 0 Å². The van der Waals surface area contributed by atoms with Gasteiger partial charge in [-0.1, -0.05) is 6.07 Å². The van der Waals surface area contributed by atoms with Crippen LogP contribution in [0.3, 0.4) is 0 Å². The van der Waals surface area contributed by atoms with Gasteiger partial charge in [0.05, 0.1) is 22.2 Å². The summed E-state index contributed by atoms with van der Waals surface area (Å²) in [6.07, 6.45) is 7.47. The first-order valence-corrected chi connectivity index (χ1v) is 9.93. The first kappa shape index (κ1) is 18.3. The summed E-state index contributed by atoms with van der Waals surface area (Å²) in [5.74, 6) is 0. The van der Waals surface area contributed by atoms with Crippen LogP contribution < -0.4 is 5.46 Å². The molecule has 5 nitrogen and oxygen atoms in total. The largest absolute Gasteiger partial charge is 0.495 e. The molecule has 5 rings (SSSR count). The van der Waals surface area contributed by atoms with Crippen molar-refractivity contribution in [2.75, 3.05) is 0 Å². The molecule has 1 aliphatic heterocycles. The van der Waals surface area contributed by atoms with Gasteiger partial charge in [-0.25, -0.2) is 0 Å². The molecule has 4 heterocycles. The van der Waals surface area contributed by atoms with Gasteiger partial charge < -0.3 is 13.9 Å². The number of fused-ring (bicyclic) bond motifs is 3. The Morgan fingerprint density at radius 1 is 0.828 bits per heavy atom. The Kier molecular flexibility index (Phi) is 3.89. The minimum absolute atomic E-state index is 0.352. The van der Waals surface area contributed by atoms with Crippen molar-refractivity contribution in [1.82, 2.24) is 14.5 Å². The maximum atomic E-state index is 6.26. The number of benzene rings is 1. The van der Waals surface area contributed by atoms with Gasteiger partial charge in [0.15, 0.2) is 0 Å². The number of hydrogen-bond donors (Lipinski definition) is 0. The van der Waals surface area contributed by atoms with Crippen LogP contribution in [0.5, 0.6) is 0 Å². The van der Waals surface area contributed by atoms with E-state index in [1.165, 1.54) is 0 Å². The summed E-state index contributed by atoms with van der Waals surface area (Å²) in [4.78, 5) is 8.61. The number of nitrogens with zero attached hydrogens (tertiary/aromatic N) is 3. The molecule has 0 amide bonds. The molecule has 0 bridgehead atoms. The smallest absolute Gasteiger partial charge is 0.399 e. The molecule has 1 saturated heterocycles. The zero-order valence-electron chi connectivity index (χ0n) is 17.4. The van der Waals surface area contributed by atoms with Crippen LogP contribution in [0.25, 0.3) is 27.5 Å². The van der Waals surface area contributed by atoms with Crippen molar-refractivity contribution in [1.29, 1.82) is 0 Å². The van der Waals surface area contributed by atoms with Crippen molar-refractivity contribution in [2.45, 2.75) is 45.8 Å². The lowest BCUT2D eigenvalue weighted by molar-refractivity contribution is 0.00578. The van der Waals surface area contributed by atoms with Crippen molar-refractivity contribution < 1.29 is 9.31 Å². The summed E-state index contributed by atoms with van der Waals surface area (Å²) in [5, 5.41) is 2.20. The van der Waals surface area contributed by atoms with Gasteiger partial charge in [-0.2, -0.15) is 0 Å². The number of aryl methyl sites for hydroxylation is 1. The van der Waals surface area contributed by atoms with Gasteiger partial charge in [0, 0.05) is 41.2 Å². The minimum Gasteiger partial charge on any atom is -0.399 e. The number of aromatic nitrogens is 3. The predicted octanol–water partition coefficient (Wildman–Crippen LogP) is 4.18. The van der Waals surface area contributed by atoms with E-state index >= 15 is 0 Å². The molecule has 29 heavy (non-hydrogen) atoms. The fraction of sp³-hybridized carbons (Fsp3) is 0.304. The molecule has 4 aromatic rings. The van der Waals surface area contributed by atoms with Crippen LogP contribution >= 0.6 is 0 Å². The summed E-state index contributed by atoms with van der Waals surface area (Å²) < 4.78 is 14.8. The Hall–Kier alpha value is -2.70. The van der Waals surface area contributed by atoms with Gasteiger partial charge in [0.1, 0.15) is 0 Å². The predicted molar refractivity (Wildman–Crippen MR) is 117 cm³/mol. The average Bonchev–Trinajstić information content (AvgIpc) is 3.12. The molecule has 6 heteroatoms. The number of hydrogen-bond acceptors (Lipinski definition) is 4. The summed E-state index contributed by atoms with van der Waals surface area (Å²) in [7, 11) is -0.361. The molecule has 0 radical (unpaired) electrons.